The van der Waals surface area contributed by atoms with E-state index in [0.717, 1.165) is 6.07 Å². The molecule has 12 heteroatoms. The number of nitrogens with one attached hydrogen (secondary N) is 2. The van der Waals surface area contributed by atoms with E-state index in [1.54, 1.807) is 0 Å². The average molecular weight is 481 g/mol. The van der Waals surface area contributed by atoms with Gasteiger partial charge in [0, 0.05) is 29.9 Å². The van der Waals surface area contributed by atoms with Crippen LogP contribution in [0.3, 0.4) is 0 Å². The molecule has 1 aromatic rings. The molecule has 2 fully saturated rings. The zero-order chi connectivity index (χ0) is 24.4. The van der Waals surface area contributed by atoms with Gasteiger partial charge in [-0.25, -0.2) is 0 Å². The molecule has 0 atom stereocenters. The van der Waals surface area contributed by atoms with Gasteiger partial charge in [-0.05, 0) is 57.4 Å². The Balaban J connectivity index is 1.68. The first kappa shape index (κ1) is 25.1. The van der Waals surface area contributed by atoms with E-state index in [-0.39, 0.29) is 74.3 Å². The molecule has 1 amide bonds. The van der Waals surface area contributed by atoms with E-state index in [9.17, 15) is 41.3 Å². The van der Waals surface area contributed by atoms with Crippen molar-refractivity contribution in [3.05, 3.63) is 33.9 Å². The van der Waals surface area contributed by atoms with Crippen LogP contribution in [-0.4, -0.2) is 35.3 Å². The fraction of sp³-hybridized carbons (Fsp3) is 0.667. The summed E-state index contributed by atoms with van der Waals surface area (Å²) in [6, 6.07) is 2.77. The third-order valence-corrected chi connectivity index (χ3v) is 6.53. The van der Waals surface area contributed by atoms with Gasteiger partial charge in [0.05, 0.1) is 22.3 Å². The number of non-ortho nitro benzene ring substituents is 1. The second kappa shape index (κ2) is 9.76. The second-order valence-electron chi connectivity index (χ2n) is 8.79. The Labute approximate surface area is 186 Å². The van der Waals surface area contributed by atoms with Crippen LogP contribution in [0.25, 0.3) is 0 Å². The van der Waals surface area contributed by atoms with Crippen molar-refractivity contribution < 1.29 is 36.1 Å². The number of amides is 1. The number of nitro groups is 1. The number of alkyl halides is 6. The topological polar surface area (TPSA) is 84.3 Å². The van der Waals surface area contributed by atoms with Gasteiger partial charge in [-0.1, -0.05) is 0 Å². The third kappa shape index (κ3) is 6.50. The summed E-state index contributed by atoms with van der Waals surface area (Å²) in [7, 11) is 0. The first-order chi connectivity index (χ1) is 15.3. The molecule has 1 aromatic carbocycles. The number of hydrogen-bond donors (Lipinski definition) is 2. The summed E-state index contributed by atoms with van der Waals surface area (Å²) in [5, 5.41) is 16.9. The van der Waals surface area contributed by atoms with Crippen LogP contribution in [0.2, 0.25) is 0 Å². The monoisotopic (exact) mass is 481 g/mol. The molecule has 33 heavy (non-hydrogen) atoms. The largest absolute Gasteiger partial charge is 0.391 e. The standard InChI is InChI=1S/C21H25F6N3O3/c22-20(23,24)12-1-5-14(6-2-12)28-18-10-9-16(30(32)33)11-17(18)19(31)29-15-7-3-13(4-8-15)21(25,26)27/h9-15,28H,1-8H2,(H,29,31)/t12-,13-,14-,15-. The Morgan fingerprint density at radius 2 is 1.33 bits per heavy atom. The molecule has 2 N–H and O–H groups in total. The fourth-order valence-electron chi connectivity index (χ4n) is 4.57. The minimum absolute atomic E-state index is 0.0555. The van der Waals surface area contributed by atoms with E-state index in [1.165, 1.54) is 12.1 Å². The molecular formula is C21H25F6N3O3. The molecule has 0 aliphatic heterocycles. The van der Waals surface area contributed by atoms with Crippen molar-refractivity contribution in [1.82, 2.24) is 5.32 Å². The fourth-order valence-corrected chi connectivity index (χ4v) is 4.57. The average Bonchev–Trinajstić information content (AvgIpc) is 2.73. The van der Waals surface area contributed by atoms with E-state index in [0.29, 0.717) is 0 Å². The Morgan fingerprint density at radius 3 is 1.79 bits per heavy atom. The van der Waals surface area contributed by atoms with Crippen LogP contribution in [0.5, 0.6) is 0 Å². The number of rotatable bonds is 5. The minimum Gasteiger partial charge on any atom is -0.382 e. The highest BCUT2D eigenvalue weighted by molar-refractivity contribution is 6.00. The maximum absolute atomic E-state index is 12.9. The lowest BCUT2D eigenvalue weighted by atomic mass is 9.85. The number of nitro benzene ring substituents is 1. The number of carbonyl (C=O) groups is 1. The van der Waals surface area contributed by atoms with Gasteiger partial charge in [0.2, 0.25) is 0 Å². The third-order valence-electron chi connectivity index (χ3n) is 6.53. The normalized spacial score (nSPS) is 26.5. The van der Waals surface area contributed by atoms with Crippen LogP contribution in [-0.2, 0) is 0 Å². The van der Waals surface area contributed by atoms with Gasteiger partial charge < -0.3 is 10.6 Å². The van der Waals surface area contributed by atoms with Gasteiger partial charge in [-0.3, -0.25) is 14.9 Å². The van der Waals surface area contributed by atoms with E-state index in [4.69, 9.17) is 0 Å². The lowest BCUT2D eigenvalue weighted by molar-refractivity contribution is -0.384. The molecule has 2 aliphatic rings. The predicted octanol–water partition coefficient (Wildman–Crippen LogP) is 5.98. The van der Waals surface area contributed by atoms with Crippen molar-refractivity contribution in [3.8, 4) is 0 Å². The van der Waals surface area contributed by atoms with Gasteiger partial charge >= 0.3 is 12.4 Å². The maximum Gasteiger partial charge on any atom is 0.391 e. The van der Waals surface area contributed by atoms with Gasteiger partial charge in [0.25, 0.3) is 11.6 Å². The van der Waals surface area contributed by atoms with E-state index in [1.807, 2.05) is 0 Å². The van der Waals surface area contributed by atoms with Crippen LogP contribution >= 0.6 is 0 Å². The summed E-state index contributed by atoms with van der Waals surface area (Å²) in [5.41, 5.74) is -0.148. The number of anilines is 1. The van der Waals surface area contributed by atoms with Crippen LogP contribution in [0, 0.1) is 22.0 Å². The van der Waals surface area contributed by atoms with Gasteiger partial charge in [-0.2, -0.15) is 26.3 Å². The number of carbonyl (C=O) groups excluding carboxylic acids is 1. The highest BCUT2D eigenvalue weighted by Gasteiger charge is 2.42. The molecule has 0 heterocycles. The summed E-state index contributed by atoms with van der Waals surface area (Å²) >= 11 is 0. The van der Waals surface area contributed by atoms with Crippen molar-refractivity contribution in [2.24, 2.45) is 11.8 Å². The van der Waals surface area contributed by atoms with Crippen LogP contribution in [0.15, 0.2) is 18.2 Å². The first-order valence-corrected chi connectivity index (χ1v) is 10.8. The highest BCUT2D eigenvalue weighted by Crippen LogP contribution is 2.39. The van der Waals surface area contributed by atoms with Crippen LogP contribution in [0.4, 0.5) is 37.7 Å². The van der Waals surface area contributed by atoms with Crippen molar-refractivity contribution in [3.63, 3.8) is 0 Å². The van der Waals surface area contributed by atoms with Crippen LogP contribution < -0.4 is 10.6 Å². The summed E-state index contributed by atoms with van der Waals surface area (Å²) in [6.07, 6.45) is -8.16. The Kier molecular flexibility index (Phi) is 7.42. The van der Waals surface area contributed by atoms with Gasteiger partial charge in [-0.15, -0.1) is 0 Å². The minimum atomic E-state index is -4.28. The number of hydrogen-bond acceptors (Lipinski definition) is 4. The molecule has 2 saturated carbocycles. The van der Waals surface area contributed by atoms with Crippen LogP contribution in [0.1, 0.15) is 61.7 Å². The lowest BCUT2D eigenvalue weighted by Gasteiger charge is -2.32. The van der Waals surface area contributed by atoms with Crippen molar-refractivity contribution >= 4 is 17.3 Å². The quantitative estimate of drug-likeness (QED) is 0.308. The summed E-state index contributed by atoms with van der Waals surface area (Å²) in [6.45, 7) is 0. The van der Waals surface area contributed by atoms with Gasteiger partial charge in [0.15, 0.2) is 0 Å². The number of nitrogens with zero attached hydrogens (tertiary/aromatic N) is 1. The second-order valence-corrected chi connectivity index (χ2v) is 8.79. The molecule has 0 aromatic heterocycles. The number of halogens is 6. The van der Waals surface area contributed by atoms with E-state index in [2.05, 4.69) is 10.6 Å². The highest BCUT2D eigenvalue weighted by atomic mass is 19.4. The lowest BCUT2D eigenvalue weighted by Crippen LogP contribution is -2.40. The predicted molar refractivity (Wildman–Crippen MR) is 108 cm³/mol. The van der Waals surface area contributed by atoms with Crippen molar-refractivity contribution in [1.29, 1.82) is 0 Å². The Hall–Kier alpha value is -2.53. The van der Waals surface area contributed by atoms with E-state index < -0.39 is 41.1 Å². The SMILES string of the molecule is O=C(N[C@H]1CC[C@H](C(F)(F)F)CC1)c1cc([N+](=O)[O-])ccc1N[C@H]1CC[C@H](C(F)(F)F)CC1. The molecule has 2 aliphatic carbocycles. The van der Waals surface area contributed by atoms with Gasteiger partial charge in [0.1, 0.15) is 0 Å². The molecule has 6 nitrogen and oxygen atoms in total. The number of benzene rings is 1. The van der Waals surface area contributed by atoms with Crippen molar-refractivity contribution in [2.75, 3.05) is 5.32 Å². The summed E-state index contributed by atoms with van der Waals surface area (Å²) in [5.74, 6) is -3.45. The zero-order valence-corrected chi connectivity index (χ0v) is 17.6. The first-order valence-electron chi connectivity index (χ1n) is 10.8. The Morgan fingerprint density at radius 1 is 0.848 bits per heavy atom. The molecular weight excluding hydrogens is 456 g/mol. The van der Waals surface area contributed by atoms with E-state index >= 15 is 0 Å². The Bertz CT molecular complexity index is 858. The molecule has 0 saturated heterocycles. The molecule has 0 radical (unpaired) electrons. The zero-order valence-electron chi connectivity index (χ0n) is 17.6. The summed E-state index contributed by atoms with van der Waals surface area (Å²) < 4.78 is 77.3. The smallest absolute Gasteiger partial charge is 0.382 e. The molecule has 0 bridgehead atoms. The molecule has 0 spiro atoms. The molecule has 3 rings (SSSR count). The molecule has 184 valence electrons. The summed E-state index contributed by atoms with van der Waals surface area (Å²) in [4.78, 5) is 23.4. The van der Waals surface area contributed by atoms with Crippen molar-refractivity contribution in [2.45, 2.75) is 75.8 Å². The molecule has 0 unspecified atom stereocenters. The maximum atomic E-state index is 12.9.